The molecule has 18 heavy (non-hydrogen) atoms. The van der Waals surface area contributed by atoms with Crippen LogP contribution in [0.1, 0.15) is 31.7 Å². The van der Waals surface area contributed by atoms with Crippen LogP contribution in [-0.2, 0) is 16.4 Å². The van der Waals surface area contributed by atoms with Crippen molar-refractivity contribution in [2.24, 2.45) is 0 Å². The minimum Gasteiger partial charge on any atom is -0.384 e. The molecule has 0 unspecified atom stereocenters. The van der Waals surface area contributed by atoms with Gasteiger partial charge in [-0.25, -0.2) is 13.1 Å². The summed E-state index contributed by atoms with van der Waals surface area (Å²) in [6.45, 7) is 3.50. The van der Waals surface area contributed by atoms with Crippen LogP contribution in [0.5, 0.6) is 0 Å². The van der Waals surface area contributed by atoms with Crippen molar-refractivity contribution in [2.75, 3.05) is 18.4 Å². The highest BCUT2D eigenvalue weighted by molar-refractivity contribution is 7.89. The third-order valence-corrected chi connectivity index (χ3v) is 4.63. The first-order valence-electron chi connectivity index (χ1n) is 6.50. The minimum absolute atomic E-state index is 0.354. The average Bonchev–Trinajstić information content (AvgIpc) is 2.82. The molecule has 1 aromatic rings. The Morgan fingerprint density at radius 2 is 2.17 bits per heavy atom. The highest BCUT2D eigenvalue weighted by Gasteiger charge is 2.17. The van der Waals surface area contributed by atoms with E-state index in [1.54, 1.807) is 12.1 Å². The summed E-state index contributed by atoms with van der Waals surface area (Å²) in [6.07, 6.45) is 4.00. The van der Waals surface area contributed by atoms with E-state index in [9.17, 15) is 8.42 Å². The Labute approximate surface area is 109 Å². The molecule has 1 aromatic carbocycles. The molecule has 0 radical (unpaired) electrons. The predicted octanol–water partition coefficient (Wildman–Crippen LogP) is 2.12. The SMILES string of the molecule is CCCCCNS(=O)(=O)c1ccc2c(c1)NCC2. The van der Waals surface area contributed by atoms with Gasteiger partial charge in [0.2, 0.25) is 10.0 Å². The average molecular weight is 268 g/mol. The Hall–Kier alpha value is -1.07. The predicted molar refractivity (Wildman–Crippen MR) is 73.3 cm³/mol. The Kier molecular flexibility index (Phi) is 4.24. The summed E-state index contributed by atoms with van der Waals surface area (Å²) in [6, 6.07) is 5.31. The highest BCUT2D eigenvalue weighted by Crippen LogP contribution is 2.25. The molecule has 2 rings (SSSR count). The standard InChI is InChI=1S/C13H20N2O2S/c1-2-3-4-8-15-18(16,17)12-6-5-11-7-9-14-13(11)10-12/h5-6,10,14-15H,2-4,7-9H2,1H3. The zero-order valence-corrected chi connectivity index (χ0v) is 11.5. The zero-order valence-electron chi connectivity index (χ0n) is 10.7. The molecule has 0 atom stereocenters. The van der Waals surface area contributed by atoms with Gasteiger partial charge in [0, 0.05) is 18.8 Å². The van der Waals surface area contributed by atoms with Crippen LogP contribution >= 0.6 is 0 Å². The van der Waals surface area contributed by atoms with Gasteiger partial charge in [0.05, 0.1) is 4.90 Å². The van der Waals surface area contributed by atoms with Crippen LogP contribution in [0.25, 0.3) is 0 Å². The van der Waals surface area contributed by atoms with Gasteiger partial charge < -0.3 is 5.32 Å². The third-order valence-electron chi connectivity index (χ3n) is 3.17. The topological polar surface area (TPSA) is 58.2 Å². The summed E-state index contributed by atoms with van der Waals surface area (Å²) in [5.41, 5.74) is 2.14. The molecule has 0 fully saturated rings. The molecule has 0 saturated heterocycles. The Bertz CT molecular complexity index is 512. The number of fused-ring (bicyclic) bond motifs is 1. The third kappa shape index (κ3) is 3.03. The molecule has 0 aliphatic carbocycles. The molecule has 4 nitrogen and oxygen atoms in total. The van der Waals surface area contributed by atoms with Gasteiger partial charge in [-0.05, 0) is 30.5 Å². The number of unbranched alkanes of at least 4 members (excludes halogenated alkanes) is 2. The second-order valence-electron chi connectivity index (χ2n) is 4.60. The van der Waals surface area contributed by atoms with Gasteiger partial charge in [-0.1, -0.05) is 25.8 Å². The summed E-state index contributed by atoms with van der Waals surface area (Å²) in [7, 11) is -3.35. The van der Waals surface area contributed by atoms with Crippen LogP contribution in [-0.4, -0.2) is 21.5 Å². The lowest BCUT2D eigenvalue weighted by atomic mass is 10.2. The number of nitrogens with one attached hydrogen (secondary N) is 2. The zero-order chi connectivity index (χ0) is 13.0. The first-order chi connectivity index (χ1) is 8.63. The Morgan fingerprint density at radius 3 is 2.94 bits per heavy atom. The van der Waals surface area contributed by atoms with E-state index in [2.05, 4.69) is 17.0 Å². The number of benzene rings is 1. The van der Waals surface area contributed by atoms with E-state index < -0.39 is 10.0 Å². The van der Waals surface area contributed by atoms with Crippen molar-refractivity contribution in [3.05, 3.63) is 23.8 Å². The Morgan fingerprint density at radius 1 is 1.33 bits per heavy atom. The quantitative estimate of drug-likeness (QED) is 0.777. The van der Waals surface area contributed by atoms with Crippen LogP contribution in [0.3, 0.4) is 0 Å². The second kappa shape index (κ2) is 5.71. The number of hydrogen-bond donors (Lipinski definition) is 2. The number of rotatable bonds is 6. The fraction of sp³-hybridized carbons (Fsp3) is 0.538. The van der Waals surface area contributed by atoms with Crippen molar-refractivity contribution in [3.8, 4) is 0 Å². The van der Waals surface area contributed by atoms with Crippen molar-refractivity contribution in [1.29, 1.82) is 0 Å². The minimum atomic E-state index is -3.35. The van der Waals surface area contributed by atoms with E-state index >= 15 is 0 Å². The maximum absolute atomic E-state index is 12.1. The summed E-state index contributed by atoms with van der Waals surface area (Å²) in [5, 5.41) is 3.20. The van der Waals surface area contributed by atoms with Crippen molar-refractivity contribution in [1.82, 2.24) is 4.72 Å². The molecule has 2 N–H and O–H groups in total. The molecule has 1 heterocycles. The summed E-state index contributed by atoms with van der Waals surface area (Å²) in [4.78, 5) is 0.354. The van der Waals surface area contributed by atoms with E-state index in [0.717, 1.165) is 37.9 Å². The van der Waals surface area contributed by atoms with Crippen LogP contribution in [0.15, 0.2) is 23.1 Å². The van der Waals surface area contributed by atoms with Gasteiger partial charge in [-0.2, -0.15) is 0 Å². The van der Waals surface area contributed by atoms with Crippen molar-refractivity contribution in [3.63, 3.8) is 0 Å². The summed E-state index contributed by atoms with van der Waals surface area (Å²) < 4.78 is 26.8. The smallest absolute Gasteiger partial charge is 0.240 e. The number of sulfonamides is 1. The van der Waals surface area contributed by atoms with E-state index in [-0.39, 0.29) is 0 Å². The van der Waals surface area contributed by atoms with E-state index in [4.69, 9.17) is 0 Å². The van der Waals surface area contributed by atoms with Crippen molar-refractivity contribution < 1.29 is 8.42 Å². The lowest BCUT2D eigenvalue weighted by Crippen LogP contribution is -2.24. The van der Waals surface area contributed by atoms with Gasteiger partial charge in [-0.3, -0.25) is 0 Å². The molecule has 0 spiro atoms. The fourth-order valence-electron chi connectivity index (χ4n) is 2.10. The lowest BCUT2D eigenvalue weighted by Gasteiger charge is -2.08. The number of anilines is 1. The molecule has 1 aliphatic heterocycles. The van der Waals surface area contributed by atoms with E-state index in [1.165, 1.54) is 5.56 Å². The molecule has 0 saturated carbocycles. The van der Waals surface area contributed by atoms with Crippen LogP contribution < -0.4 is 10.0 Å². The van der Waals surface area contributed by atoms with Gasteiger partial charge in [0.25, 0.3) is 0 Å². The largest absolute Gasteiger partial charge is 0.384 e. The fourth-order valence-corrected chi connectivity index (χ4v) is 3.20. The molecule has 5 heteroatoms. The van der Waals surface area contributed by atoms with Crippen molar-refractivity contribution >= 4 is 15.7 Å². The molecule has 0 aromatic heterocycles. The van der Waals surface area contributed by atoms with Gasteiger partial charge in [-0.15, -0.1) is 0 Å². The molecule has 0 bridgehead atoms. The van der Waals surface area contributed by atoms with Gasteiger partial charge >= 0.3 is 0 Å². The first-order valence-corrected chi connectivity index (χ1v) is 7.98. The van der Waals surface area contributed by atoms with Crippen LogP contribution in [0.4, 0.5) is 5.69 Å². The molecule has 100 valence electrons. The van der Waals surface area contributed by atoms with E-state index in [0.29, 0.717) is 11.4 Å². The normalized spacial score (nSPS) is 14.3. The monoisotopic (exact) mass is 268 g/mol. The molecular formula is C13H20N2O2S. The van der Waals surface area contributed by atoms with Gasteiger partial charge in [0.1, 0.15) is 0 Å². The number of hydrogen-bond acceptors (Lipinski definition) is 3. The maximum atomic E-state index is 12.1. The Balaban J connectivity index is 2.05. The first kappa shape index (κ1) is 13.4. The summed E-state index contributed by atoms with van der Waals surface area (Å²) >= 11 is 0. The van der Waals surface area contributed by atoms with Gasteiger partial charge in [0.15, 0.2) is 0 Å². The second-order valence-corrected chi connectivity index (χ2v) is 6.37. The van der Waals surface area contributed by atoms with Crippen LogP contribution in [0, 0.1) is 0 Å². The van der Waals surface area contributed by atoms with Crippen LogP contribution in [0.2, 0.25) is 0 Å². The lowest BCUT2D eigenvalue weighted by molar-refractivity contribution is 0.576. The maximum Gasteiger partial charge on any atom is 0.240 e. The molecule has 1 aliphatic rings. The molecular weight excluding hydrogens is 248 g/mol. The summed E-state index contributed by atoms with van der Waals surface area (Å²) in [5.74, 6) is 0. The van der Waals surface area contributed by atoms with Crippen molar-refractivity contribution in [2.45, 2.75) is 37.5 Å². The molecule has 0 amide bonds. The highest BCUT2D eigenvalue weighted by atomic mass is 32.2. The van der Waals surface area contributed by atoms with E-state index in [1.807, 2.05) is 6.07 Å².